The highest BCUT2D eigenvalue weighted by molar-refractivity contribution is 5.78. The van der Waals surface area contributed by atoms with Crippen LogP contribution in [0.4, 0.5) is 0 Å². The van der Waals surface area contributed by atoms with Crippen molar-refractivity contribution >= 4 is 6.08 Å². The molecular weight excluding hydrogens is 386 g/mol. The number of hydrogen-bond donors (Lipinski definition) is 0. The lowest BCUT2D eigenvalue weighted by atomic mass is 9.85. The van der Waals surface area contributed by atoms with Crippen molar-refractivity contribution in [1.82, 2.24) is 25.2 Å². The number of allylic oxidation sites excluding steroid dienone is 1. The minimum Gasteiger partial charge on any atom is -0.426 e. The number of aryl methyl sites for hydroxylation is 2. The van der Waals surface area contributed by atoms with Crippen molar-refractivity contribution in [3.8, 4) is 22.5 Å². The first-order valence-corrected chi connectivity index (χ1v) is 10.4. The van der Waals surface area contributed by atoms with Gasteiger partial charge in [0.2, 0.25) is 11.8 Å². The van der Waals surface area contributed by atoms with Crippen LogP contribution in [0, 0.1) is 12.3 Å². The molecule has 2 heterocycles. The molecule has 2 aromatic heterocycles. The van der Waals surface area contributed by atoms with Crippen LogP contribution in [0.1, 0.15) is 37.6 Å². The maximum atomic E-state index is 5.54. The van der Waals surface area contributed by atoms with E-state index >= 15 is 0 Å². The molecule has 0 saturated carbocycles. The van der Waals surface area contributed by atoms with Crippen molar-refractivity contribution in [3.63, 3.8) is 0 Å². The molecule has 6 heteroatoms. The van der Waals surface area contributed by atoms with Crippen molar-refractivity contribution in [2.45, 2.75) is 33.6 Å². The Labute approximate surface area is 182 Å². The van der Waals surface area contributed by atoms with E-state index < -0.39 is 0 Å². The summed E-state index contributed by atoms with van der Waals surface area (Å²) in [5.74, 6) is 1.30. The highest BCUT2D eigenvalue weighted by Crippen LogP contribution is 2.30. The summed E-state index contributed by atoms with van der Waals surface area (Å²) < 4.78 is 5.54. The van der Waals surface area contributed by atoms with Crippen LogP contribution in [0.3, 0.4) is 0 Å². The second kappa shape index (κ2) is 8.68. The molecule has 0 atom stereocenters. The van der Waals surface area contributed by atoms with Crippen molar-refractivity contribution in [1.29, 1.82) is 0 Å². The van der Waals surface area contributed by atoms with Gasteiger partial charge < -0.3 is 4.42 Å². The number of benzene rings is 2. The van der Waals surface area contributed by atoms with Gasteiger partial charge >= 0.3 is 0 Å². The van der Waals surface area contributed by atoms with Gasteiger partial charge in [-0.2, -0.15) is 15.0 Å². The van der Waals surface area contributed by atoms with Crippen LogP contribution >= 0.6 is 0 Å². The van der Waals surface area contributed by atoms with E-state index in [9.17, 15) is 0 Å². The van der Waals surface area contributed by atoms with E-state index in [1.807, 2.05) is 32.2 Å². The summed E-state index contributed by atoms with van der Waals surface area (Å²) in [5.41, 5.74) is 5.04. The monoisotopic (exact) mass is 413 g/mol. The van der Waals surface area contributed by atoms with Crippen LogP contribution in [0.5, 0.6) is 0 Å². The quantitative estimate of drug-likeness (QED) is 0.399. The van der Waals surface area contributed by atoms with Gasteiger partial charge in [0.1, 0.15) is 11.4 Å². The molecule has 2 aromatic carbocycles. The number of hydrogen-bond acceptors (Lipinski definition) is 5. The summed E-state index contributed by atoms with van der Waals surface area (Å²) >= 11 is 0. The predicted octanol–water partition coefficient (Wildman–Crippen LogP) is 5.51. The van der Waals surface area contributed by atoms with Crippen molar-refractivity contribution in [2.75, 3.05) is 0 Å². The van der Waals surface area contributed by atoms with Crippen LogP contribution in [0.15, 0.2) is 65.1 Å². The Morgan fingerprint density at radius 2 is 1.65 bits per heavy atom. The topological polar surface area (TPSA) is 69.6 Å². The fraction of sp³-hybridized carbons (Fsp3) is 0.280. The van der Waals surface area contributed by atoms with Crippen molar-refractivity contribution < 1.29 is 4.42 Å². The molecular formula is C25H27N5O. The van der Waals surface area contributed by atoms with Crippen LogP contribution < -0.4 is 0 Å². The third-order valence-corrected chi connectivity index (χ3v) is 5.10. The van der Waals surface area contributed by atoms with Gasteiger partial charge in [0.05, 0.1) is 0 Å². The Hall–Kier alpha value is -3.54. The Morgan fingerprint density at radius 1 is 0.935 bits per heavy atom. The smallest absolute Gasteiger partial charge is 0.217 e. The zero-order chi connectivity index (χ0) is 21.8. The molecule has 0 radical (unpaired) electrons. The fourth-order valence-electron chi connectivity index (χ4n) is 3.59. The van der Waals surface area contributed by atoms with E-state index in [1.165, 1.54) is 0 Å². The largest absolute Gasteiger partial charge is 0.426 e. The second-order valence-corrected chi connectivity index (χ2v) is 8.54. The molecule has 4 rings (SSSR count). The molecule has 31 heavy (non-hydrogen) atoms. The number of nitrogens with zero attached hydrogens (tertiary/aromatic N) is 5. The summed E-state index contributed by atoms with van der Waals surface area (Å²) in [4.78, 5) is 1.63. The molecule has 0 aliphatic heterocycles. The van der Waals surface area contributed by atoms with E-state index in [0.717, 1.165) is 40.9 Å². The van der Waals surface area contributed by atoms with E-state index in [2.05, 4.69) is 82.8 Å². The molecule has 0 bridgehead atoms. The fourth-order valence-corrected chi connectivity index (χ4v) is 3.59. The molecule has 158 valence electrons. The molecule has 0 fully saturated rings. The predicted molar refractivity (Wildman–Crippen MR) is 122 cm³/mol. The molecule has 0 unspecified atom stereocenters. The summed E-state index contributed by atoms with van der Waals surface area (Å²) in [6.07, 6.45) is 6.01. The molecule has 0 saturated heterocycles. The summed E-state index contributed by atoms with van der Waals surface area (Å²) in [6.45, 7) is 6.23. The molecule has 0 N–H and O–H groups in total. The lowest BCUT2D eigenvalue weighted by Crippen LogP contribution is -2.14. The van der Waals surface area contributed by atoms with E-state index in [4.69, 9.17) is 4.42 Å². The molecule has 0 spiro atoms. The van der Waals surface area contributed by atoms with E-state index in [-0.39, 0.29) is 5.41 Å². The van der Waals surface area contributed by atoms with Gasteiger partial charge in [-0.25, -0.2) is 0 Å². The molecule has 0 amide bonds. The summed E-state index contributed by atoms with van der Waals surface area (Å²) in [5, 5.41) is 17.3. The minimum absolute atomic E-state index is 0.0263. The summed E-state index contributed by atoms with van der Waals surface area (Å²) in [7, 11) is 1.85. The van der Waals surface area contributed by atoms with Crippen LogP contribution in [-0.4, -0.2) is 25.2 Å². The van der Waals surface area contributed by atoms with Gasteiger partial charge in [0.25, 0.3) is 0 Å². The Balaban J connectivity index is 1.52. The van der Waals surface area contributed by atoms with Gasteiger partial charge in [-0.3, -0.25) is 0 Å². The lowest BCUT2D eigenvalue weighted by molar-refractivity contribution is 0.321. The molecule has 0 aliphatic carbocycles. The molecule has 6 nitrogen and oxygen atoms in total. The molecule has 4 aromatic rings. The van der Waals surface area contributed by atoms with Crippen molar-refractivity contribution in [3.05, 3.63) is 78.0 Å². The minimum atomic E-state index is 0.0263. The zero-order valence-corrected chi connectivity index (χ0v) is 18.4. The van der Waals surface area contributed by atoms with Gasteiger partial charge in [0, 0.05) is 31.5 Å². The average Bonchev–Trinajstić information content (AvgIpc) is 3.33. The Bertz CT molecular complexity index is 1190. The highest BCUT2D eigenvalue weighted by atomic mass is 16.4. The van der Waals surface area contributed by atoms with Gasteiger partial charge in [0.15, 0.2) is 0 Å². The van der Waals surface area contributed by atoms with E-state index in [1.54, 1.807) is 4.80 Å². The second-order valence-electron chi connectivity index (χ2n) is 8.54. The van der Waals surface area contributed by atoms with Gasteiger partial charge in [-0.15, -0.1) is 10.2 Å². The SMILES string of the molecule is Cc1nnc(CC(C)(C)C/C=C/c2cccc(-c3nn(C)nc3-c3ccccc3)c2)o1. The number of aromatic nitrogens is 5. The molecule has 0 aliphatic rings. The van der Waals surface area contributed by atoms with E-state index in [0.29, 0.717) is 11.8 Å². The third kappa shape index (κ3) is 5.15. The Morgan fingerprint density at radius 3 is 2.35 bits per heavy atom. The first-order chi connectivity index (χ1) is 14.9. The maximum absolute atomic E-state index is 5.54. The normalized spacial score (nSPS) is 12.0. The van der Waals surface area contributed by atoms with Crippen LogP contribution in [0.2, 0.25) is 0 Å². The number of rotatable bonds is 7. The highest BCUT2D eigenvalue weighted by Gasteiger charge is 2.20. The Kier molecular flexibility index (Phi) is 5.80. The third-order valence-electron chi connectivity index (χ3n) is 5.10. The van der Waals surface area contributed by atoms with Crippen LogP contribution in [0.25, 0.3) is 28.6 Å². The lowest BCUT2D eigenvalue weighted by Gasteiger charge is -2.20. The zero-order valence-electron chi connectivity index (χ0n) is 18.4. The summed E-state index contributed by atoms with van der Waals surface area (Å²) in [6, 6.07) is 18.6. The van der Waals surface area contributed by atoms with Gasteiger partial charge in [-0.1, -0.05) is 74.5 Å². The van der Waals surface area contributed by atoms with Crippen molar-refractivity contribution in [2.24, 2.45) is 12.5 Å². The first kappa shape index (κ1) is 20.7. The first-order valence-electron chi connectivity index (χ1n) is 10.4. The standard InChI is InChI=1S/C25H27N5O/c1-18-26-27-22(31-18)17-25(2,3)15-9-11-19-10-8-14-21(16-19)24-23(28-30(4)29-24)20-12-6-5-7-13-20/h5-14,16H,15,17H2,1-4H3/b11-9+. The maximum Gasteiger partial charge on any atom is 0.217 e. The van der Waals surface area contributed by atoms with Crippen LogP contribution in [-0.2, 0) is 13.5 Å². The average molecular weight is 414 g/mol. The van der Waals surface area contributed by atoms with Gasteiger partial charge in [-0.05, 0) is 23.5 Å².